The van der Waals surface area contributed by atoms with E-state index in [1.807, 2.05) is 22.9 Å². The Balaban J connectivity index is 2.06. The Hall–Kier alpha value is -2.14. The molecule has 1 aromatic carbocycles. The lowest BCUT2D eigenvalue weighted by Gasteiger charge is -2.20. The molecule has 0 radical (unpaired) electrons. The van der Waals surface area contributed by atoms with Crippen LogP contribution in [0.4, 0.5) is 5.69 Å². The van der Waals surface area contributed by atoms with Crippen molar-refractivity contribution in [2.24, 2.45) is 0 Å². The number of benzene rings is 1. The van der Waals surface area contributed by atoms with Gasteiger partial charge in [0.1, 0.15) is 0 Å². The zero-order valence-corrected chi connectivity index (χ0v) is 11.2. The molecule has 3 rings (SSSR count). The van der Waals surface area contributed by atoms with E-state index < -0.39 is 0 Å². The summed E-state index contributed by atoms with van der Waals surface area (Å²) in [5, 5.41) is 20.9. The zero-order valence-electron chi connectivity index (χ0n) is 11.2. The third-order valence-corrected chi connectivity index (χ3v) is 3.93. The number of hydrogen-bond donors (Lipinski definition) is 1. The second kappa shape index (κ2) is 4.76. The van der Waals surface area contributed by atoms with Crippen LogP contribution in [0.15, 0.2) is 30.5 Å². The van der Waals surface area contributed by atoms with Crippen LogP contribution >= 0.6 is 0 Å². The number of aryl methyl sites for hydroxylation is 1. The molecule has 1 unspecified atom stereocenters. The summed E-state index contributed by atoms with van der Waals surface area (Å²) in [7, 11) is 0. The molecular formula is C15H16N2O3. The molecule has 1 aliphatic carbocycles. The van der Waals surface area contributed by atoms with Crippen molar-refractivity contribution >= 4 is 5.69 Å². The quantitative estimate of drug-likeness (QED) is 0.674. The molecule has 1 N–H and O–H groups in total. The number of aliphatic hydroxyl groups is 1. The van der Waals surface area contributed by atoms with Crippen LogP contribution in [0, 0.1) is 17.0 Å². The van der Waals surface area contributed by atoms with Gasteiger partial charge in [0, 0.05) is 34.8 Å². The molecule has 0 aliphatic heterocycles. The van der Waals surface area contributed by atoms with Gasteiger partial charge in [0.2, 0.25) is 0 Å². The van der Waals surface area contributed by atoms with Crippen LogP contribution < -0.4 is 0 Å². The van der Waals surface area contributed by atoms with Gasteiger partial charge in [0.15, 0.2) is 0 Å². The van der Waals surface area contributed by atoms with Crippen molar-refractivity contribution in [2.75, 3.05) is 0 Å². The first-order valence-electron chi connectivity index (χ1n) is 6.71. The molecule has 20 heavy (non-hydrogen) atoms. The van der Waals surface area contributed by atoms with E-state index in [2.05, 4.69) is 0 Å². The summed E-state index contributed by atoms with van der Waals surface area (Å²) in [5.41, 5.74) is 3.77. The SMILES string of the molecule is Cc1cc(-n2ccc3c2CCCC3O)ccc1[N+](=O)[O-]. The predicted molar refractivity (Wildman–Crippen MR) is 75.1 cm³/mol. The first kappa shape index (κ1) is 12.9. The van der Waals surface area contributed by atoms with E-state index in [0.717, 1.165) is 36.2 Å². The molecule has 0 bridgehead atoms. The third-order valence-electron chi connectivity index (χ3n) is 3.93. The highest BCUT2D eigenvalue weighted by Crippen LogP contribution is 2.32. The molecule has 5 nitrogen and oxygen atoms in total. The van der Waals surface area contributed by atoms with Crippen LogP contribution in [0.1, 0.15) is 35.8 Å². The van der Waals surface area contributed by atoms with Gasteiger partial charge in [-0.05, 0) is 44.4 Å². The van der Waals surface area contributed by atoms with Gasteiger partial charge in [-0.15, -0.1) is 0 Å². The maximum absolute atomic E-state index is 10.9. The Morgan fingerprint density at radius 2 is 2.20 bits per heavy atom. The molecule has 2 aromatic rings. The number of nitro groups is 1. The minimum absolute atomic E-state index is 0.134. The van der Waals surface area contributed by atoms with Gasteiger partial charge in [-0.2, -0.15) is 0 Å². The minimum Gasteiger partial charge on any atom is -0.388 e. The van der Waals surface area contributed by atoms with E-state index in [9.17, 15) is 15.2 Å². The molecule has 1 heterocycles. The van der Waals surface area contributed by atoms with E-state index in [1.54, 1.807) is 13.0 Å². The van der Waals surface area contributed by atoms with E-state index in [0.29, 0.717) is 5.56 Å². The van der Waals surface area contributed by atoms with Gasteiger partial charge in [-0.25, -0.2) is 0 Å². The molecule has 104 valence electrons. The van der Waals surface area contributed by atoms with E-state index in [4.69, 9.17) is 0 Å². The maximum atomic E-state index is 10.9. The van der Waals surface area contributed by atoms with Gasteiger partial charge in [-0.3, -0.25) is 10.1 Å². The van der Waals surface area contributed by atoms with Crippen LogP contribution in [-0.4, -0.2) is 14.6 Å². The summed E-state index contributed by atoms with van der Waals surface area (Å²) in [6.45, 7) is 1.74. The van der Waals surface area contributed by atoms with Gasteiger partial charge >= 0.3 is 0 Å². The summed E-state index contributed by atoms with van der Waals surface area (Å²) >= 11 is 0. The number of aliphatic hydroxyl groups excluding tert-OH is 1. The number of rotatable bonds is 2. The van der Waals surface area contributed by atoms with E-state index >= 15 is 0 Å². The van der Waals surface area contributed by atoms with Crippen LogP contribution in [0.25, 0.3) is 5.69 Å². The molecule has 1 aliphatic rings. The van der Waals surface area contributed by atoms with Crippen molar-refractivity contribution in [1.29, 1.82) is 0 Å². The Kier molecular flexibility index (Phi) is 3.06. The Morgan fingerprint density at radius 3 is 2.90 bits per heavy atom. The summed E-state index contributed by atoms with van der Waals surface area (Å²) < 4.78 is 2.02. The second-order valence-corrected chi connectivity index (χ2v) is 5.22. The van der Waals surface area contributed by atoms with Crippen molar-refractivity contribution in [3.63, 3.8) is 0 Å². The van der Waals surface area contributed by atoms with Crippen molar-refractivity contribution in [3.05, 3.63) is 57.4 Å². The normalized spacial score (nSPS) is 17.8. The highest BCUT2D eigenvalue weighted by molar-refractivity contribution is 5.49. The molecule has 0 spiro atoms. The molecule has 0 saturated carbocycles. The molecule has 5 heteroatoms. The van der Waals surface area contributed by atoms with Gasteiger partial charge in [0.25, 0.3) is 5.69 Å². The summed E-state index contributed by atoms with van der Waals surface area (Å²) in [5.74, 6) is 0. The number of nitrogens with zero attached hydrogens (tertiary/aromatic N) is 2. The molecule has 1 atom stereocenters. The van der Waals surface area contributed by atoms with Gasteiger partial charge < -0.3 is 9.67 Å². The fourth-order valence-electron chi connectivity index (χ4n) is 2.90. The molecule has 1 aromatic heterocycles. The lowest BCUT2D eigenvalue weighted by molar-refractivity contribution is -0.385. The van der Waals surface area contributed by atoms with Gasteiger partial charge in [0.05, 0.1) is 11.0 Å². The van der Waals surface area contributed by atoms with E-state index in [-0.39, 0.29) is 16.7 Å². The molecular weight excluding hydrogens is 256 g/mol. The first-order valence-corrected chi connectivity index (χ1v) is 6.71. The first-order chi connectivity index (χ1) is 9.58. The maximum Gasteiger partial charge on any atom is 0.272 e. The van der Waals surface area contributed by atoms with Crippen LogP contribution in [-0.2, 0) is 6.42 Å². The average molecular weight is 272 g/mol. The van der Waals surface area contributed by atoms with Crippen LogP contribution in [0.5, 0.6) is 0 Å². The van der Waals surface area contributed by atoms with Gasteiger partial charge in [-0.1, -0.05) is 0 Å². The van der Waals surface area contributed by atoms with Crippen molar-refractivity contribution in [3.8, 4) is 5.69 Å². The molecule has 0 fully saturated rings. The van der Waals surface area contributed by atoms with Crippen LogP contribution in [0.2, 0.25) is 0 Å². The summed E-state index contributed by atoms with van der Waals surface area (Å²) in [6, 6.07) is 7.05. The highest BCUT2D eigenvalue weighted by atomic mass is 16.6. The predicted octanol–water partition coefficient (Wildman–Crippen LogP) is 3.06. The topological polar surface area (TPSA) is 68.3 Å². The molecule has 0 amide bonds. The Morgan fingerprint density at radius 1 is 1.40 bits per heavy atom. The summed E-state index contributed by atoms with van der Waals surface area (Å²) in [4.78, 5) is 10.5. The van der Waals surface area contributed by atoms with E-state index in [1.165, 1.54) is 6.07 Å². The van der Waals surface area contributed by atoms with Crippen molar-refractivity contribution < 1.29 is 10.0 Å². The fraction of sp³-hybridized carbons (Fsp3) is 0.333. The number of aromatic nitrogens is 1. The second-order valence-electron chi connectivity index (χ2n) is 5.22. The minimum atomic E-state index is -0.390. The summed E-state index contributed by atoms with van der Waals surface area (Å²) in [6.07, 6.45) is 4.23. The van der Waals surface area contributed by atoms with Crippen molar-refractivity contribution in [2.45, 2.75) is 32.3 Å². The molecule has 0 saturated heterocycles. The lowest BCUT2D eigenvalue weighted by Crippen LogP contribution is -2.11. The number of fused-ring (bicyclic) bond motifs is 1. The smallest absolute Gasteiger partial charge is 0.272 e. The number of hydrogen-bond acceptors (Lipinski definition) is 3. The standard InChI is InChI=1S/C15H16N2O3/c1-10-9-11(5-6-13(10)17(19)20)16-8-7-12-14(16)3-2-4-15(12)18/h5-9,15,18H,2-4H2,1H3. The lowest BCUT2D eigenvalue weighted by atomic mass is 9.95. The third kappa shape index (κ3) is 2.00. The Bertz CT molecular complexity index is 676. The van der Waals surface area contributed by atoms with Crippen LogP contribution in [0.3, 0.4) is 0 Å². The van der Waals surface area contributed by atoms with Crippen molar-refractivity contribution in [1.82, 2.24) is 4.57 Å². The highest BCUT2D eigenvalue weighted by Gasteiger charge is 2.22. The zero-order chi connectivity index (χ0) is 14.3. The monoisotopic (exact) mass is 272 g/mol. The fourth-order valence-corrected chi connectivity index (χ4v) is 2.90. The Labute approximate surface area is 116 Å². The average Bonchev–Trinajstić information content (AvgIpc) is 2.83. The largest absolute Gasteiger partial charge is 0.388 e. The number of nitro benzene ring substituents is 1.